The molecule has 4 saturated carbocycles. The first-order valence-electron chi connectivity index (χ1n) is 15.5. The van der Waals surface area contributed by atoms with E-state index in [1.807, 2.05) is 0 Å². The van der Waals surface area contributed by atoms with Crippen LogP contribution in [0.2, 0.25) is 0 Å². The van der Waals surface area contributed by atoms with E-state index in [-0.39, 0.29) is 34.3 Å². The third kappa shape index (κ3) is 7.31. The molecule has 6 rings (SSSR count). The fourth-order valence-electron chi connectivity index (χ4n) is 7.71. The van der Waals surface area contributed by atoms with Crippen molar-refractivity contribution in [2.24, 2.45) is 28.9 Å². The van der Waals surface area contributed by atoms with Gasteiger partial charge < -0.3 is 41.5 Å². The highest BCUT2D eigenvalue weighted by molar-refractivity contribution is 7.99. The molecule has 0 aliphatic heterocycles. The number of amides is 1. The number of carboxylic acids is 2. The van der Waals surface area contributed by atoms with Crippen LogP contribution in [0.4, 0.5) is 0 Å². The smallest absolute Gasteiger partial charge is 0.322 e. The summed E-state index contributed by atoms with van der Waals surface area (Å²) in [6, 6.07) is 4.75. The summed E-state index contributed by atoms with van der Waals surface area (Å²) >= 11 is 1.01. The molecule has 0 heterocycles. The van der Waals surface area contributed by atoms with E-state index in [1.165, 1.54) is 0 Å². The summed E-state index contributed by atoms with van der Waals surface area (Å²) in [5.74, 6) is -2.46. The van der Waals surface area contributed by atoms with Gasteiger partial charge in [-0.1, -0.05) is 30.7 Å². The quantitative estimate of drug-likeness (QED) is 0.0491. The highest BCUT2D eigenvalue weighted by Gasteiger charge is 2.56. The van der Waals surface area contributed by atoms with Gasteiger partial charge in [0.05, 0.1) is 16.4 Å². The first-order chi connectivity index (χ1) is 21.5. The number of esters is 1. The zero-order valence-electron chi connectivity index (χ0n) is 25.0. The lowest BCUT2D eigenvalue weighted by Crippen LogP contribution is -2.51. The standard InChI is InChI=1S/C32H41N3O9S/c33-22(30(41)42)7-3-4-8-34-23(29(40)35-15-24(36)37)16-45-28-26(39)21-6-2-1-5-20(21)25(38)27(28)44-31(43)32-12-17-9-18(13-32)11-19(10-17)14-32/h1-2,5-6,17-19,22-23,34,38-39H,3-4,7-16,33H2,(H,35,40)(H,36,37)(H,41,42). The molecule has 1 amide bonds. The van der Waals surface area contributed by atoms with Crippen LogP contribution in [-0.4, -0.2) is 75.2 Å². The number of phenolic OH excluding ortho intramolecular Hbond substituents is 2. The zero-order chi connectivity index (χ0) is 32.3. The van der Waals surface area contributed by atoms with Crippen LogP contribution in [-0.2, 0) is 19.2 Å². The third-order valence-corrected chi connectivity index (χ3v) is 10.7. The van der Waals surface area contributed by atoms with E-state index in [0.717, 1.165) is 50.3 Å². The van der Waals surface area contributed by atoms with Crippen molar-refractivity contribution in [1.82, 2.24) is 10.6 Å². The summed E-state index contributed by atoms with van der Waals surface area (Å²) in [7, 11) is 0. The normalized spacial score (nSPS) is 24.7. The van der Waals surface area contributed by atoms with E-state index in [0.29, 0.717) is 47.9 Å². The number of aliphatic carboxylic acids is 2. The predicted molar refractivity (Wildman–Crippen MR) is 166 cm³/mol. The van der Waals surface area contributed by atoms with Crippen molar-refractivity contribution in [3.63, 3.8) is 0 Å². The number of carboxylic acid groups (broad SMARTS) is 2. The first-order valence-corrected chi connectivity index (χ1v) is 16.5. The van der Waals surface area contributed by atoms with E-state index >= 15 is 0 Å². The molecule has 4 bridgehead atoms. The number of aromatic hydroxyl groups is 2. The number of ether oxygens (including phenoxy) is 1. The number of nitrogens with two attached hydrogens (primary N) is 1. The van der Waals surface area contributed by atoms with E-state index in [9.17, 15) is 29.4 Å². The number of unbranched alkanes of at least 4 members (excludes halogenated alkanes) is 1. The number of nitrogens with one attached hydrogen (secondary N) is 2. The fraction of sp³-hybridized carbons (Fsp3) is 0.562. The van der Waals surface area contributed by atoms with Crippen molar-refractivity contribution < 1.29 is 44.3 Å². The van der Waals surface area contributed by atoms with E-state index in [2.05, 4.69) is 10.6 Å². The van der Waals surface area contributed by atoms with Gasteiger partial charge in [0.1, 0.15) is 18.3 Å². The number of rotatable bonds is 15. The molecular formula is C32H41N3O9S. The van der Waals surface area contributed by atoms with E-state index in [4.69, 9.17) is 20.7 Å². The molecule has 13 heteroatoms. The Balaban J connectivity index is 1.36. The largest absolute Gasteiger partial charge is 0.506 e. The lowest BCUT2D eigenvalue weighted by molar-refractivity contribution is -0.161. The monoisotopic (exact) mass is 643 g/mol. The molecule has 4 aliphatic rings. The molecule has 0 spiro atoms. The summed E-state index contributed by atoms with van der Waals surface area (Å²) in [5.41, 5.74) is 4.94. The molecule has 12 nitrogen and oxygen atoms in total. The second-order valence-corrected chi connectivity index (χ2v) is 13.9. The maximum Gasteiger partial charge on any atom is 0.322 e. The number of carbonyl (C=O) groups excluding carboxylic acids is 2. The minimum Gasteiger partial charge on any atom is -0.506 e. The molecule has 0 saturated heterocycles. The Bertz CT molecular complexity index is 1430. The molecule has 2 aromatic carbocycles. The van der Waals surface area contributed by atoms with Crippen molar-refractivity contribution in [2.45, 2.75) is 74.8 Å². The van der Waals surface area contributed by atoms with Gasteiger partial charge >= 0.3 is 17.9 Å². The summed E-state index contributed by atoms with van der Waals surface area (Å²) in [5, 5.41) is 46.9. The van der Waals surface area contributed by atoms with Crippen molar-refractivity contribution in [3.05, 3.63) is 24.3 Å². The van der Waals surface area contributed by atoms with Crippen LogP contribution >= 0.6 is 11.8 Å². The Hall–Kier alpha value is -3.55. The molecule has 4 fully saturated rings. The number of hydrogen-bond donors (Lipinski definition) is 7. The SMILES string of the molecule is NC(CCCCNC(CSc1c(OC(=O)C23CC4CC(CC(C4)C2)C3)c(O)c2ccccc2c1O)C(=O)NCC(=O)O)C(=O)O. The van der Waals surface area contributed by atoms with Crippen molar-refractivity contribution >= 4 is 46.3 Å². The highest BCUT2D eigenvalue weighted by atomic mass is 32.2. The Kier molecular flexibility index (Phi) is 10.1. The maximum absolute atomic E-state index is 13.9. The molecule has 4 aliphatic carbocycles. The van der Waals surface area contributed by atoms with Crippen LogP contribution in [0, 0.1) is 23.2 Å². The van der Waals surface area contributed by atoms with Crippen LogP contribution < -0.4 is 21.1 Å². The zero-order valence-corrected chi connectivity index (χ0v) is 25.8. The Morgan fingerprint density at radius 1 is 0.956 bits per heavy atom. The summed E-state index contributed by atoms with van der Waals surface area (Å²) in [6.07, 6.45) is 6.94. The molecule has 0 radical (unpaired) electrons. The maximum atomic E-state index is 13.9. The Morgan fingerprint density at radius 3 is 2.13 bits per heavy atom. The Labute approximate surface area is 265 Å². The van der Waals surface area contributed by atoms with Gasteiger partial charge in [-0.3, -0.25) is 19.2 Å². The van der Waals surface area contributed by atoms with Crippen LogP contribution in [0.5, 0.6) is 17.2 Å². The van der Waals surface area contributed by atoms with Crippen molar-refractivity contribution in [1.29, 1.82) is 0 Å². The van der Waals surface area contributed by atoms with Crippen LogP contribution in [0.3, 0.4) is 0 Å². The molecule has 45 heavy (non-hydrogen) atoms. The molecule has 2 aromatic rings. The van der Waals surface area contributed by atoms with Gasteiger partial charge in [0.25, 0.3) is 0 Å². The van der Waals surface area contributed by atoms with Gasteiger partial charge in [-0.2, -0.15) is 0 Å². The second-order valence-electron chi connectivity index (χ2n) is 12.9. The van der Waals surface area contributed by atoms with Crippen LogP contribution in [0.25, 0.3) is 10.8 Å². The van der Waals surface area contributed by atoms with Crippen LogP contribution in [0.15, 0.2) is 29.2 Å². The van der Waals surface area contributed by atoms with Crippen LogP contribution in [0.1, 0.15) is 57.8 Å². The van der Waals surface area contributed by atoms with Gasteiger partial charge in [-0.05, 0) is 75.7 Å². The van der Waals surface area contributed by atoms with E-state index < -0.39 is 47.9 Å². The lowest BCUT2D eigenvalue weighted by atomic mass is 9.49. The lowest BCUT2D eigenvalue weighted by Gasteiger charge is -2.55. The number of phenols is 2. The predicted octanol–water partition coefficient (Wildman–Crippen LogP) is 3.21. The minimum absolute atomic E-state index is 0.00660. The number of fused-ring (bicyclic) bond motifs is 1. The van der Waals surface area contributed by atoms with Crippen molar-refractivity contribution in [3.8, 4) is 17.2 Å². The number of thioether (sulfide) groups is 1. The number of hydrogen-bond acceptors (Lipinski definition) is 10. The van der Waals surface area contributed by atoms with E-state index in [1.54, 1.807) is 24.3 Å². The molecule has 2 unspecified atom stereocenters. The molecular weight excluding hydrogens is 602 g/mol. The minimum atomic E-state index is -1.21. The number of carbonyl (C=O) groups is 4. The average Bonchev–Trinajstić information content (AvgIpc) is 2.99. The van der Waals surface area contributed by atoms with Gasteiger partial charge in [-0.15, -0.1) is 11.8 Å². The van der Waals surface area contributed by atoms with Gasteiger partial charge in [0, 0.05) is 16.5 Å². The third-order valence-electron chi connectivity index (χ3n) is 9.51. The topological polar surface area (TPSA) is 209 Å². The van der Waals surface area contributed by atoms with Crippen molar-refractivity contribution in [2.75, 3.05) is 18.8 Å². The highest BCUT2D eigenvalue weighted by Crippen LogP contribution is 2.61. The summed E-state index contributed by atoms with van der Waals surface area (Å²) in [4.78, 5) is 49.1. The Morgan fingerprint density at radius 2 is 1.56 bits per heavy atom. The fourth-order valence-corrected chi connectivity index (χ4v) is 8.83. The first kappa shape index (κ1) is 32.8. The van der Waals surface area contributed by atoms with Gasteiger partial charge in [0.15, 0.2) is 11.5 Å². The molecule has 0 aromatic heterocycles. The summed E-state index contributed by atoms with van der Waals surface area (Å²) in [6.45, 7) is -0.286. The van der Waals surface area contributed by atoms with Gasteiger partial charge in [-0.25, -0.2) is 0 Å². The average molecular weight is 644 g/mol. The summed E-state index contributed by atoms with van der Waals surface area (Å²) < 4.78 is 6.05. The molecule has 2 atom stereocenters. The molecule has 244 valence electrons. The van der Waals surface area contributed by atoms with Gasteiger partial charge in [0.2, 0.25) is 5.91 Å². The molecule has 8 N–H and O–H groups in total. The second kappa shape index (κ2) is 13.8. The number of benzene rings is 2.